The lowest BCUT2D eigenvalue weighted by Crippen LogP contribution is -2.29. The second-order valence-corrected chi connectivity index (χ2v) is 8.68. The van der Waals surface area contributed by atoms with Crippen LogP contribution in [0.3, 0.4) is 0 Å². The number of fused-ring (bicyclic) bond motifs is 1. The number of hydrogen-bond donors (Lipinski definition) is 1. The Hall–Kier alpha value is -0.470. The zero-order valence-corrected chi connectivity index (χ0v) is 14.9. The van der Waals surface area contributed by atoms with Gasteiger partial charge in [0.25, 0.3) is 0 Å². The maximum atomic E-state index is 3.68. The van der Waals surface area contributed by atoms with Crippen molar-refractivity contribution in [1.82, 2.24) is 5.32 Å². The van der Waals surface area contributed by atoms with Crippen LogP contribution < -0.4 is 5.32 Å². The SMILES string of the molecule is CC(C)CNCC(CC(C)C)CC1Cc2ccccc2S1. The van der Waals surface area contributed by atoms with Crippen molar-refractivity contribution in [2.75, 3.05) is 13.1 Å². The van der Waals surface area contributed by atoms with Crippen molar-refractivity contribution in [2.24, 2.45) is 17.8 Å². The van der Waals surface area contributed by atoms with E-state index in [1.54, 1.807) is 5.56 Å². The Morgan fingerprint density at radius 2 is 1.86 bits per heavy atom. The normalized spacial score (nSPS) is 19.2. The molecular formula is C19H31NS. The van der Waals surface area contributed by atoms with Gasteiger partial charge in [-0.05, 0) is 61.7 Å². The first-order chi connectivity index (χ1) is 10.0. The van der Waals surface area contributed by atoms with Gasteiger partial charge in [-0.2, -0.15) is 0 Å². The van der Waals surface area contributed by atoms with Gasteiger partial charge in [0.2, 0.25) is 0 Å². The van der Waals surface area contributed by atoms with E-state index in [-0.39, 0.29) is 0 Å². The fraction of sp³-hybridized carbons (Fsp3) is 0.684. The van der Waals surface area contributed by atoms with E-state index in [9.17, 15) is 0 Å². The minimum Gasteiger partial charge on any atom is -0.316 e. The highest BCUT2D eigenvalue weighted by atomic mass is 32.2. The van der Waals surface area contributed by atoms with Gasteiger partial charge in [0.1, 0.15) is 0 Å². The summed E-state index contributed by atoms with van der Waals surface area (Å²) in [6, 6.07) is 8.94. The van der Waals surface area contributed by atoms with Crippen LogP contribution in [0, 0.1) is 17.8 Å². The quantitative estimate of drug-likeness (QED) is 0.725. The molecule has 0 spiro atoms. The van der Waals surface area contributed by atoms with E-state index in [2.05, 4.69) is 69.0 Å². The number of hydrogen-bond acceptors (Lipinski definition) is 2. The standard InChI is InChI=1S/C19H31NS/c1-14(2)9-16(13-20-12-15(3)4)10-18-11-17-7-5-6-8-19(17)21-18/h5-8,14-16,18,20H,9-13H2,1-4H3. The minimum atomic E-state index is 0.745. The monoisotopic (exact) mass is 305 g/mol. The number of nitrogens with one attached hydrogen (secondary N) is 1. The second kappa shape index (κ2) is 8.24. The highest BCUT2D eigenvalue weighted by molar-refractivity contribution is 8.00. The lowest BCUT2D eigenvalue weighted by Gasteiger charge is -2.23. The number of thioether (sulfide) groups is 1. The van der Waals surface area contributed by atoms with E-state index in [1.165, 1.54) is 30.7 Å². The summed E-state index contributed by atoms with van der Waals surface area (Å²) in [6.45, 7) is 11.6. The molecule has 0 aliphatic carbocycles. The van der Waals surface area contributed by atoms with Crippen LogP contribution in [-0.4, -0.2) is 18.3 Å². The Morgan fingerprint density at radius 1 is 1.10 bits per heavy atom. The summed E-state index contributed by atoms with van der Waals surface area (Å²) in [5, 5.41) is 4.46. The van der Waals surface area contributed by atoms with Gasteiger partial charge in [-0.25, -0.2) is 0 Å². The van der Waals surface area contributed by atoms with Gasteiger partial charge in [-0.3, -0.25) is 0 Å². The third kappa shape index (κ3) is 5.67. The highest BCUT2D eigenvalue weighted by Crippen LogP contribution is 2.40. The van der Waals surface area contributed by atoms with Crippen LogP contribution >= 0.6 is 11.8 Å². The molecule has 0 fully saturated rings. The summed E-state index contributed by atoms with van der Waals surface area (Å²) < 4.78 is 0. The molecule has 2 rings (SSSR count). The highest BCUT2D eigenvalue weighted by Gasteiger charge is 2.25. The molecule has 118 valence electrons. The third-order valence-electron chi connectivity index (χ3n) is 4.10. The minimum absolute atomic E-state index is 0.745. The van der Waals surface area contributed by atoms with Crippen LogP contribution in [-0.2, 0) is 6.42 Å². The van der Waals surface area contributed by atoms with Crippen LogP contribution in [0.5, 0.6) is 0 Å². The van der Waals surface area contributed by atoms with Gasteiger partial charge in [-0.1, -0.05) is 45.9 Å². The number of benzene rings is 1. The molecule has 1 heterocycles. The Kier molecular flexibility index (Phi) is 6.63. The Morgan fingerprint density at radius 3 is 2.52 bits per heavy atom. The van der Waals surface area contributed by atoms with Gasteiger partial charge >= 0.3 is 0 Å². The predicted molar refractivity (Wildman–Crippen MR) is 95.1 cm³/mol. The number of rotatable bonds is 8. The Balaban J connectivity index is 1.84. The smallest absolute Gasteiger partial charge is 0.0138 e. The second-order valence-electron chi connectivity index (χ2n) is 7.34. The van der Waals surface area contributed by atoms with E-state index < -0.39 is 0 Å². The summed E-state index contributed by atoms with van der Waals surface area (Å²) in [5.41, 5.74) is 1.56. The van der Waals surface area contributed by atoms with E-state index >= 15 is 0 Å². The molecule has 2 heteroatoms. The van der Waals surface area contributed by atoms with Gasteiger partial charge in [0.05, 0.1) is 0 Å². The molecule has 0 aromatic heterocycles. The molecule has 1 nitrogen and oxygen atoms in total. The molecule has 0 bridgehead atoms. The van der Waals surface area contributed by atoms with Crippen molar-refractivity contribution in [2.45, 2.75) is 57.1 Å². The summed E-state index contributed by atoms with van der Waals surface area (Å²) >= 11 is 2.10. The van der Waals surface area contributed by atoms with Crippen molar-refractivity contribution in [1.29, 1.82) is 0 Å². The van der Waals surface area contributed by atoms with Crippen LogP contribution in [0.15, 0.2) is 29.2 Å². The van der Waals surface area contributed by atoms with E-state index in [4.69, 9.17) is 0 Å². The topological polar surface area (TPSA) is 12.0 Å². The summed E-state index contributed by atoms with van der Waals surface area (Å²) in [4.78, 5) is 1.51. The van der Waals surface area contributed by atoms with Crippen LogP contribution in [0.1, 0.15) is 46.1 Å². The van der Waals surface area contributed by atoms with Crippen molar-refractivity contribution in [3.63, 3.8) is 0 Å². The molecule has 1 aromatic rings. The molecule has 21 heavy (non-hydrogen) atoms. The first-order valence-electron chi connectivity index (χ1n) is 8.49. The van der Waals surface area contributed by atoms with E-state index in [0.29, 0.717) is 0 Å². The summed E-state index contributed by atoms with van der Waals surface area (Å²) in [7, 11) is 0. The van der Waals surface area contributed by atoms with Crippen molar-refractivity contribution < 1.29 is 0 Å². The van der Waals surface area contributed by atoms with Crippen LogP contribution in [0.2, 0.25) is 0 Å². The molecule has 2 atom stereocenters. The van der Waals surface area contributed by atoms with Crippen molar-refractivity contribution >= 4 is 11.8 Å². The van der Waals surface area contributed by atoms with E-state index in [0.717, 1.165) is 29.5 Å². The molecular weight excluding hydrogens is 274 g/mol. The largest absolute Gasteiger partial charge is 0.316 e. The van der Waals surface area contributed by atoms with Gasteiger partial charge in [0, 0.05) is 10.1 Å². The van der Waals surface area contributed by atoms with Crippen molar-refractivity contribution in [3.05, 3.63) is 29.8 Å². The predicted octanol–water partition coefficient (Wildman–Crippen LogP) is 5.00. The molecule has 0 amide bonds. The molecule has 0 radical (unpaired) electrons. The Bertz CT molecular complexity index is 402. The maximum absolute atomic E-state index is 3.68. The fourth-order valence-corrected chi connectivity index (χ4v) is 4.71. The van der Waals surface area contributed by atoms with Gasteiger partial charge in [-0.15, -0.1) is 11.8 Å². The first-order valence-corrected chi connectivity index (χ1v) is 9.37. The molecule has 2 unspecified atom stereocenters. The van der Waals surface area contributed by atoms with Crippen LogP contribution in [0.25, 0.3) is 0 Å². The third-order valence-corrected chi connectivity index (χ3v) is 5.45. The molecule has 0 saturated carbocycles. The van der Waals surface area contributed by atoms with Gasteiger partial charge < -0.3 is 5.32 Å². The Labute approximate surface area is 135 Å². The molecule has 1 N–H and O–H groups in total. The van der Waals surface area contributed by atoms with E-state index in [1.807, 2.05) is 0 Å². The maximum Gasteiger partial charge on any atom is 0.0138 e. The van der Waals surface area contributed by atoms with Crippen molar-refractivity contribution in [3.8, 4) is 0 Å². The summed E-state index contributed by atoms with van der Waals surface area (Å²) in [5.74, 6) is 2.36. The first kappa shape index (κ1) is 16.9. The van der Waals surface area contributed by atoms with Crippen LogP contribution in [0.4, 0.5) is 0 Å². The molecule has 0 saturated heterocycles. The zero-order chi connectivity index (χ0) is 15.2. The van der Waals surface area contributed by atoms with Gasteiger partial charge in [0.15, 0.2) is 0 Å². The zero-order valence-electron chi connectivity index (χ0n) is 14.1. The molecule has 1 aliphatic rings. The summed E-state index contributed by atoms with van der Waals surface area (Å²) in [6.07, 6.45) is 3.96. The average molecular weight is 306 g/mol. The molecule has 1 aliphatic heterocycles. The lowest BCUT2D eigenvalue weighted by molar-refractivity contribution is 0.356. The fourth-order valence-electron chi connectivity index (χ4n) is 3.26. The molecule has 1 aromatic carbocycles. The lowest BCUT2D eigenvalue weighted by atomic mass is 9.91. The average Bonchev–Trinajstić information content (AvgIpc) is 2.79.